The van der Waals surface area contributed by atoms with Crippen molar-refractivity contribution in [1.29, 1.82) is 0 Å². The molecule has 0 radical (unpaired) electrons. The van der Waals surface area contributed by atoms with Gasteiger partial charge in [-0.15, -0.1) is 0 Å². The third-order valence-corrected chi connectivity index (χ3v) is 4.21. The van der Waals surface area contributed by atoms with Gasteiger partial charge in [-0.3, -0.25) is 0 Å². The summed E-state index contributed by atoms with van der Waals surface area (Å²) in [6.45, 7) is 5.85. The van der Waals surface area contributed by atoms with Gasteiger partial charge in [-0.25, -0.2) is 4.79 Å². The highest BCUT2D eigenvalue weighted by Gasteiger charge is 2.09. The molecule has 0 saturated carbocycles. The predicted molar refractivity (Wildman–Crippen MR) is 104 cm³/mol. The van der Waals surface area contributed by atoms with E-state index in [0.717, 1.165) is 28.0 Å². The van der Waals surface area contributed by atoms with Gasteiger partial charge in [0.05, 0.1) is 0 Å². The fraction of sp³-hybridized carbons (Fsp3) is 0.174. The fourth-order valence-electron chi connectivity index (χ4n) is 2.78. The first-order valence-corrected chi connectivity index (χ1v) is 8.60. The number of hydrogen-bond acceptors (Lipinski definition) is 3. The van der Waals surface area contributed by atoms with E-state index in [4.69, 9.17) is 9.47 Å². The monoisotopic (exact) mass is 346 g/mol. The molecule has 0 atom stereocenters. The molecular weight excluding hydrogens is 324 g/mol. The molecule has 3 aromatic rings. The lowest BCUT2D eigenvalue weighted by Gasteiger charge is -2.11. The average Bonchev–Trinajstić information content (AvgIpc) is 2.63. The summed E-state index contributed by atoms with van der Waals surface area (Å²) in [5.41, 5.74) is 5.44. The van der Waals surface area contributed by atoms with Crippen LogP contribution < -0.4 is 9.47 Å². The number of benzene rings is 3. The molecule has 0 bridgehead atoms. The molecule has 26 heavy (non-hydrogen) atoms. The summed E-state index contributed by atoms with van der Waals surface area (Å²) in [5, 5.41) is 0. The quantitative estimate of drug-likeness (QED) is 0.467. The van der Waals surface area contributed by atoms with Gasteiger partial charge in [0.1, 0.15) is 11.5 Å². The van der Waals surface area contributed by atoms with Crippen LogP contribution in [0, 0.1) is 20.8 Å². The Labute approximate surface area is 154 Å². The Morgan fingerprint density at radius 3 is 1.88 bits per heavy atom. The predicted octanol–water partition coefficient (Wildman–Crippen LogP) is 5.26. The summed E-state index contributed by atoms with van der Waals surface area (Å²) < 4.78 is 11.0. The molecule has 0 unspecified atom stereocenters. The molecule has 0 aliphatic heterocycles. The zero-order valence-corrected chi connectivity index (χ0v) is 15.3. The molecule has 0 aromatic heterocycles. The molecule has 3 aromatic carbocycles. The van der Waals surface area contributed by atoms with Crippen LogP contribution in [0.4, 0.5) is 0 Å². The lowest BCUT2D eigenvalue weighted by atomic mass is 10.0. The Bertz CT molecular complexity index is 873. The topological polar surface area (TPSA) is 35.5 Å². The number of carbonyl (C=O) groups is 1. The number of rotatable bonds is 5. The molecule has 0 heterocycles. The van der Waals surface area contributed by atoms with Gasteiger partial charge in [0.25, 0.3) is 0 Å². The lowest BCUT2D eigenvalue weighted by molar-refractivity contribution is -0.136. The van der Waals surface area contributed by atoms with Gasteiger partial charge in [-0.2, -0.15) is 0 Å². The minimum absolute atomic E-state index is 0.120. The standard InChI is InChI=1S/C23H22O3/c1-16-7-9-19(10-8-16)20-11-13-21(14-12-20)26-22(24)15-25-23-17(2)5-4-6-18(23)3/h4-14H,15H2,1-3H3. The van der Waals surface area contributed by atoms with Crippen molar-refractivity contribution in [1.82, 2.24) is 0 Å². The van der Waals surface area contributed by atoms with Gasteiger partial charge in [0.15, 0.2) is 6.61 Å². The van der Waals surface area contributed by atoms with Gasteiger partial charge in [0.2, 0.25) is 0 Å². The van der Waals surface area contributed by atoms with E-state index in [-0.39, 0.29) is 6.61 Å². The molecule has 0 N–H and O–H groups in total. The fourth-order valence-corrected chi connectivity index (χ4v) is 2.78. The molecule has 0 spiro atoms. The van der Waals surface area contributed by atoms with Gasteiger partial charge in [-0.05, 0) is 55.2 Å². The van der Waals surface area contributed by atoms with Crippen LogP contribution in [0.25, 0.3) is 11.1 Å². The maximum atomic E-state index is 12.1. The third kappa shape index (κ3) is 4.31. The highest BCUT2D eigenvalue weighted by atomic mass is 16.6. The van der Waals surface area contributed by atoms with Gasteiger partial charge in [-0.1, -0.05) is 60.2 Å². The first kappa shape index (κ1) is 17.7. The number of aryl methyl sites for hydroxylation is 3. The van der Waals surface area contributed by atoms with Crippen molar-refractivity contribution >= 4 is 5.97 Å². The second-order valence-corrected chi connectivity index (χ2v) is 6.37. The van der Waals surface area contributed by atoms with Gasteiger partial charge in [0, 0.05) is 0 Å². The Morgan fingerprint density at radius 1 is 0.769 bits per heavy atom. The first-order valence-electron chi connectivity index (χ1n) is 8.60. The first-order chi connectivity index (χ1) is 12.5. The van der Waals surface area contributed by atoms with Crippen LogP contribution in [-0.2, 0) is 4.79 Å². The largest absolute Gasteiger partial charge is 0.481 e. The third-order valence-electron chi connectivity index (χ3n) is 4.21. The highest BCUT2D eigenvalue weighted by Crippen LogP contribution is 2.24. The molecule has 132 valence electrons. The summed E-state index contributed by atoms with van der Waals surface area (Å²) in [6, 6.07) is 21.7. The molecule has 3 nitrogen and oxygen atoms in total. The maximum Gasteiger partial charge on any atom is 0.349 e. The van der Waals surface area contributed by atoms with Crippen LogP contribution in [0.1, 0.15) is 16.7 Å². The molecule has 0 fully saturated rings. The minimum atomic E-state index is -0.421. The van der Waals surface area contributed by atoms with E-state index in [9.17, 15) is 4.79 Å². The lowest BCUT2D eigenvalue weighted by Crippen LogP contribution is -2.18. The smallest absolute Gasteiger partial charge is 0.349 e. The molecule has 0 aliphatic rings. The van der Waals surface area contributed by atoms with Crippen molar-refractivity contribution in [2.24, 2.45) is 0 Å². The summed E-state index contributed by atoms with van der Waals surface area (Å²) in [4.78, 5) is 12.1. The normalized spacial score (nSPS) is 10.4. The van der Waals surface area contributed by atoms with Gasteiger partial charge < -0.3 is 9.47 Å². The van der Waals surface area contributed by atoms with Gasteiger partial charge >= 0.3 is 5.97 Å². The van der Waals surface area contributed by atoms with E-state index >= 15 is 0 Å². The molecule has 3 heteroatoms. The number of para-hydroxylation sites is 1. The Balaban J connectivity index is 1.60. The van der Waals surface area contributed by atoms with Crippen LogP contribution in [0.15, 0.2) is 66.7 Å². The maximum absolute atomic E-state index is 12.1. The minimum Gasteiger partial charge on any atom is -0.481 e. The Kier molecular flexibility index (Phi) is 5.37. The zero-order valence-electron chi connectivity index (χ0n) is 15.3. The Morgan fingerprint density at radius 2 is 1.31 bits per heavy atom. The molecule has 3 rings (SSSR count). The average molecular weight is 346 g/mol. The molecule has 0 saturated heterocycles. The van der Waals surface area contributed by atoms with Crippen molar-refractivity contribution < 1.29 is 14.3 Å². The summed E-state index contributed by atoms with van der Waals surface area (Å²) in [7, 11) is 0. The van der Waals surface area contributed by atoms with E-state index in [1.807, 2.05) is 44.2 Å². The highest BCUT2D eigenvalue weighted by molar-refractivity contribution is 5.74. The van der Waals surface area contributed by atoms with Crippen molar-refractivity contribution in [3.05, 3.63) is 83.4 Å². The van der Waals surface area contributed by atoms with E-state index in [2.05, 4.69) is 31.2 Å². The summed E-state index contributed by atoms with van der Waals surface area (Å²) in [5.74, 6) is 0.825. The number of hydrogen-bond donors (Lipinski definition) is 0. The summed E-state index contributed by atoms with van der Waals surface area (Å²) in [6.07, 6.45) is 0. The number of ether oxygens (including phenoxy) is 2. The summed E-state index contributed by atoms with van der Waals surface area (Å²) >= 11 is 0. The van der Waals surface area contributed by atoms with E-state index in [0.29, 0.717) is 5.75 Å². The van der Waals surface area contributed by atoms with Crippen molar-refractivity contribution in [3.8, 4) is 22.6 Å². The van der Waals surface area contributed by atoms with Crippen molar-refractivity contribution in [2.75, 3.05) is 6.61 Å². The molecule has 0 aliphatic carbocycles. The Hall–Kier alpha value is -3.07. The van der Waals surface area contributed by atoms with Crippen LogP contribution in [0.5, 0.6) is 11.5 Å². The van der Waals surface area contributed by atoms with E-state index in [1.54, 1.807) is 12.1 Å². The van der Waals surface area contributed by atoms with Crippen LogP contribution in [0.3, 0.4) is 0 Å². The van der Waals surface area contributed by atoms with Crippen LogP contribution in [0.2, 0.25) is 0 Å². The molecule has 0 amide bonds. The second kappa shape index (κ2) is 7.87. The SMILES string of the molecule is Cc1ccc(-c2ccc(OC(=O)COc3c(C)cccc3C)cc2)cc1. The second-order valence-electron chi connectivity index (χ2n) is 6.37. The van der Waals surface area contributed by atoms with E-state index in [1.165, 1.54) is 5.56 Å². The van der Waals surface area contributed by atoms with Crippen molar-refractivity contribution in [2.45, 2.75) is 20.8 Å². The number of carbonyl (C=O) groups excluding carboxylic acids is 1. The number of esters is 1. The van der Waals surface area contributed by atoms with Crippen LogP contribution in [-0.4, -0.2) is 12.6 Å². The van der Waals surface area contributed by atoms with Crippen molar-refractivity contribution in [3.63, 3.8) is 0 Å². The van der Waals surface area contributed by atoms with E-state index < -0.39 is 5.97 Å². The van der Waals surface area contributed by atoms with Crippen LogP contribution >= 0.6 is 0 Å². The zero-order chi connectivity index (χ0) is 18.5. The molecular formula is C23H22O3.